The van der Waals surface area contributed by atoms with E-state index in [9.17, 15) is 14.4 Å². The number of carbonyl (C=O) groups is 3. The molecular formula is C11H10N2O3. The van der Waals surface area contributed by atoms with Gasteiger partial charge in [-0.1, -0.05) is 30.3 Å². The lowest BCUT2D eigenvalue weighted by molar-refractivity contribution is -0.128. The third kappa shape index (κ3) is 1.67. The highest BCUT2D eigenvalue weighted by molar-refractivity contribution is 6.15. The molecule has 0 radical (unpaired) electrons. The molecule has 16 heavy (non-hydrogen) atoms. The number of hydrogen-bond acceptors (Lipinski definition) is 3. The van der Waals surface area contributed by atoms with Crippen molar-refractivity contribution in [2.45, 2.75) is 12.0 Å². The summed E-state index contributed by atoms with van der Waals surface area (Å²) in [6.45, 7) is 0. The summed E-state index contributed by atoms with van der Waals surface area (Å²) >= 11 is 0. The quantitative estimate of drug-likeness (QED) is 0.426. The summed E-state index contributed by atoms with van der Waals surface area (Å²) in [5.41, 5.74) is -0.648. The van der Waals surface area contributed by atoms with E-state index in [4.69, 9.17) is 0 Å². The van der Waals surface area contributed by atoms with E-state index in [2.05, 4.69) is 10.6 Å². The number of benzene rings is 1. The van der Waals surface area contributed by atoms with Crippen molar-refractivity contribution in [2.75, 3.05) is 0 Å². The van der Waals surface area contributed by atoms with Gasteiger partial charge in [0.2, 0.25) is 0 Å². The molecule has 2 N–H and O–H groups in total. The molecule has 1 aliphatic rings. The number of urea groups is 1. The zero-order valence-electron chi connectivity index (χ0n) is 8.40. The van der Waals surface area contributed by atoms with Crippen molar-refractivity contribution in [2.24, 2.45) is 0 Å². The first-order chi connectivity index (χ1) is 7.66. The van der Waals surface area contributed by atoms with Crippen molar-refractivity contribution in [3.8, 4) is 0 Å². The predicted octanol–water partition coefficient (Wildman–Crippen LogP) is 0.00620. The highest BCUT2D eigenvalue weighted by Gasteiger charge is 2.46. The molecule has 0 aromatic heterocycles. The molecule has 0 saturated carbocycles. The summed E-state index contributed by atoms with van der Waals surface area (Å²) < 4.78 is 0. The SMILES string of the molecule is O=CC1(Cc2ccccc2)NC(=O)NC1=O. The normalized spacial score (nSPS) is 23.8. The van der Waals surface area contributed by atoms with Crippen molar-refractivity contribution in [1.29, 1.82) is 0 Å². The molecule has 1 aromatic rings. The lowest BCUT2D eigenvalue weighted by Gasteiger charge is -2.18. The smallest absolute Gasteiger partial charge is 0.317 e. The maximum absolute atomic E-state index is 11.5. The third-order valence-corrected chi connectivity index (χ3v) is 2.50. The van der Waals surface area contributed by atoms with Gasteiger partial charge in [0.25, 0.3) is 5.91 Å². The van der Waals surface area contributed by atoms with E-state index in [1.54, 1.807) is 12.1 Å². The Morgan fingerprint density at radius 1 is 1.19 bits per heavy atom. The van der Waals surface area contributed by atoms with E-state index in [0.29, 0.717) is 6.29 Å². The molecule has 3 amide bonds. The van der Waals surface area contributed by atoms with E-state index < -0.39 is 17.5 Å². The van der Waals surface area contributed by atoms with Crippen molar-refractivity contribution < 1.29 is 14.4 Å². The molecule has 5 nitrogen and oxygen atoms in total. The van der Waals surface area contributed by atoms with Crippen LogP contribution in [0.5, 0.6) is 0 Å². The second kappa shape index (κ2) is 3.77. The fraction of sp³-hybridized carbons (Fsp3) is 0.182. The Labute approximate surface area is 91.8 Å². The van der Waals surface area contributed by atoms with Crippen LogP contribution in [0.2, 0.25) is 0 Å². The predicted molar refractivity (Wildman–Crippen MR) is 55.6 cm³/mol. The molecule has 5 heteroatoms. The van der Waals surface area contributed by atoms with E-state index >= 15 is 0 Å². The highest BCUT2D eigenvalue weighted by atomic mass is 16.2. The van der Waals surface area contributed by atoms with Crippen molar-refractivity contribution >= 4 is 18.2 Å². The topological polar surface area (TPSA) is 75.3 Å². The fourth-order valence-electron chi connectivity index (χ4n) is 1.67. The summed E-state index contributed by atoms with van der Waals surface area (Å²) in [7, 11) is 0. The number of hydrogen-bond donors (Lipinski definition) is 2. The summed E-state index contributed by atoms with van der Waals surface area (Å²) in [5.74, 6) is -0.601. The van der Waals surface area contributed by atoms with Gasteiger partial charge in [-0.15, -0.1) is 0 Å². The van der Waals surface area contributed by atoms with Crippen LogP contribution >= 0.6 is 0 Å². The van der Waals surface area contributed by atoms with Gasteiger partial charge in [0, 0.05) is 6.42 Å². The van der Waals surface area contributed by atoms with Gasteiger partial charge in [-0.25, -0.2) is 4.79 Å². The second-order valence-electron chi connectivity index (χ2n) is 3.66. The lowest BCUT2D eigenvalue weighted by Crippen LogP contribution is -2.50. The molecule has 1 saturated heterocycles. The Morgan fingerprint density at radius 2 is 1.88 bits per heavy atom. The minimum Gasteiger partial charge on any atom is -0.317 e. The Kier molecular flexibility index (Phi) is 2.44. The molecule has 1 atom stereocenters. The maximum atomic E-state index is 11.5. The van der Waals surface area contributed by atoms with Crippen LogP contribution in [-0.4, -0.2) is 23.8 Å². The van der Waals surface area contributed by atoms with Crippen LogP contribution in [0.3, 0.4) is 0 Å². The average Bonchev–Trinajstić information content (AvgIpc) is 2.56. The molecule has 0 bridgehead atoms. The van der Waals surface area contributed by atoms with Crippen LogP contribution in [-0.2, 0) is 16.0 Å². The monoisotopic (exact) mass is 218 g/mol. The van der Waals surface area contributed by atoms with Gasteiger partial charge >= 0.3 is 6.03 Å². The van der Waals surface area contributed by atoms with Gasteiger partial charge in [-0.3, -0.25) is 10.1 Å². The highest BCUT2D eigenvalue weighted by Crippen LogP contribution is 2.15. The van der Waals surface area contributed by atoms with Crippen LogP contribution < -0.4 is 10.6 Å². The van der Waals surface area contributed by atoms with Crippen molar-refractivity contribution in [3.05, 3.63) is 35.9 Å². The van der Waals surface area contributed by atoms with E-state index in [1.165, 1.54) is 0 Å². The number of nitrogens with one attached hydrogen (secondary N) is 2. The first-order valence-electron chi connectivity index (χ1n) is 4.80. The Bertz CT molecular complexity index is 444. The zero-order chi connectivity index (χ0) is 11.6. The van der Waals surface area contributed by atoms with Gasteiger partial charge in [-0.05, 0) is 5.56 Å². The minimum absolute atomic E-state index is 0.162. The van der Waals surface area contributed by atoms with Crippen LogP contribution in [0, 0.1) is 0 Å². The van der Waals surface area contributed by atoms with E-state index in [1.807, 2.05) is 18.2 Å². The third-order valence-electron chi connectivity index (χ3n) is 2.50. The lowest BCUT2D eigenvalue weighted by atomic mass is 9.92. The molecule has 0 aliphatic carbocycles. The van der Waals surface area contributed by atoms with Gasteiger partial charge in [0.1, 0.15) is 0 Å². The number of amides is 3. The summed E-state index contributed by atoms with van der Waals surface area (Å²) in [6, 6.07) is 8.41. The van der Waals surface area contributed by atoms with Crippen LogP contribution in [0.1, 0.15) is 5.56 Å². The second-order valence-corrected chi connectivity index (χ2v) is 3.66. The number of imide groups is 1. The number of carbonyl (C=O) groups excluding carboxylic acids is 3. The van der Waals surface area contributed by atoms with Gasteiger partial charge < -0.3 is 10.1 Å². The molecular weight excluding hydrogens is 208 g/mol. The number of rotatable bonds is 3. The fourth-order valence-corrected chi connectivity index (χ4v) is 1.67. The van der Waals surface area contributed by atoms with Gasteiger partial charge in [-0.2, -0.15) is 0 Å². The van der Waals surface area contributed by atoms with Crippen molar-refractivity contribution in [1.82, 2.24) is 10.6 Å². The number of aldehydes is 1. The van der Waals surface area contributed by atoms with Gasteiger partial charge in [0.05, 0.1) is 0 Å². The molecule has 1 aliphatic heterocycles. The summed E-state index contributed by atoms with van der Waals surface area (Å²) in [6.07, 6.45) is 0.634. The molecule has 1 aromatic carbocycles. The molecule has 82 valence electrons. The summed E-state index contributed by atoms with van der Waals surface area (Å²) in [4.78, 5) is 33.5. The average molecular weight is 218 g/mol. The first kappa shape index (κ1) is 10.4. The van der Waals surface area contributed by atoms with Crippen LogP contribution in [0.4, 0.5) is 4.79 Å². The van der Waals surface area contributed by atoms with Crippen molar-refractivity contribution in [3.63, 3.8) is 0 Å². The molecule has 1 heterocycles. The largest absolute Gasteiger partial charge is 0.322 e. The summed E-state index contributed by atoms with van der Waals surface area (Å²) in [5, 5.41) is 4.41. The van der Waals surface area contributed by atoms with Gasteiger partial charge in [0.15, 0.2) is 11.8 Å². The molecule has 2 rings (SSSR count). The molecule has 1 fully saturated rings. The zero-order valence-corrected chi connectivity index (χ0v) is 8.40. The molecule has 0 spiro atoms. The molecule has 1 unspecified atom stereocenters. The Balaban J connectivity index is 2.27. The van der Waals surface area contributed by atoms with Crippen LogP contribution in [0.25, 0.3) is 0 Å². The first-order valence-corrected chi connectivity index (χ1v) is 4.80. The Hall–Kier alpha value is -2.17. The maximum Gasteiger partial charge on any atom is 0.322 e. The van der Waals surface area contributed by atoms with Crippen LogP contribution in [0.15, 0.2) is 30.3 Å². The standard InChI is InChI=1S/C11H10N2O3/c14-7-11(9(15)12-10(16)13-11)6-8-4-2-1-3-5-8/h1-5,7H,6H2,(H2,12,13,15,16). The van der Waals surface area contributed by atoms with E-state index in [0.717, 1.165) is 5.56 Å². The van der Waals surface area contributed by atoms with E-state index in [-0.39, 0.29) is 6.42 Å². The minimum atomic E-state index is -1.46. The Morgan fingerprint density at radius 3 is 2.38 bits per heavy atom.